The fraction of sp³-hybridized carbons (Fsp3) is 0.125. The molecule has 2 aromatic carbocycles. The second kappa shape index (κ2) is 7.28. The fourth-order valence-electron chi connectivity index (χ4n) is 2.23. The van der Waals surface area contributed by atoms with Crippen molar-refractivity contribution in [3.05, 3.63) is 57.1 Å². The highest BCUT2D eigenvalue weighted by Crippen LogP contribution is 2.32. The summed E-state index contributed by atoms with van der Waals surface area (Å²) in [5, 5.41) is 24.4. The summed E-state index contributed by atoms with van der Waals surface area (Å²) in [6.07, 6.45) is 0.133. The summed E-state index contributed by atoms with van der Waals surface area (Å²) >= 11 is 5.78. The Morgan fingerprint density at radius 3 is 2.85 bits per heavy atom. The minimum absolute atomic E-state index is 0.00620. The Bertz CT molecular complexity index is 902. The van der Waals surface area contributed by atoms with Crippen molar-refractivity contribution in [1.29, 1.82) is 0 Å². The summed E-state index contributed by atoms with van der Waals surface area (Å²) < 4.78 is 10.9. The van der Waals surface area contributed by atoms with E-state index < -0.39 is 28.4 Å². The van der Waals surface area contributed by atoms with E-state index in [0.717, 1.165) is 12.3 Å². The van der Waals surface area contributed by atoms with E-state index in [1.54, 1.807) is 24.3 Å². The van der Waals surface area contributed by atoms with E-state index >= 15 is 0 Å². The van der Waals surface area contributed by atoms with E-state index in [2.05, 4.69) is 10.5 Å². The number of halogens is 1. The third-order valence-electron chi connectivity index (χ3n) is 3.46. The van der Waals surface area contributed by atoms with Gasteiger partial charge in [-0.15, -0.1) is 0 Å². The predicted octanol–water partition coefficient (Wildman–Crippen LogP) is 2.24. The van der Waals surface area contributed by atoms with Crippen molar-refractivity contribution in [2.45, 2.75) is 6.10 Å². The lowest BCUT2D eigenvalue weighted by atomic mass is 10.2. The molecule has 0 aliphatic carbocycles. The number of carbonyl (C=O) groups is 1. The third-order valence-corrected chi connectivity index (χ3v) is 3.68. The van der Waals surface area contributed by atoms with E-state index in [1.807, 2.05) is 0 Å². The number of phenolic OH excluding ortho intramolecular Hbond substituents is 1. The van der Waals surface area contributed by atoms with Crippen molar-refractivity contribution in [3.8, 4) is 17.2 Å². The maximum absolute atomic E-state index is 12.1. The molecule has 0 radical (unpaired) electrons. The molecule has 0 spiro atoms. The summed E-state index contributed by atoms with van der Waals surface area (Å²) in [4.78, 5) is 22.2. The van der Waals surface area contributed by atoms with Crippen molar-refractivity contribution in [1.82, 2.24) is 5.43 Å². The molecule has 2 aromatic rings. The number of rotatable bonds is 4. The van der Waals surface area contributed by atoms with Crippen LogP contribution in [-0.4, -0.2) is 34.9 Å². The number of para-hydroxylation sites is 2. The molecule has 1 atom stereocenters. The number of carbonyl (C=O) groups excluding carboxylic acids is 1. The first-order chi connectivity index (χ1) is 12.5. The Hall–Kier alpha value is -3.33. The van der Waals surface area contributed by atoms with Gasteiger partial charge in [0.15, 0.2) is 11.5 Å². The van der Waals surface area contributed by atoms with Crippen molar-refractivity contribution in [3.63, 3.8) is 0 Å². The Morgan fingerprint density at radius 2 is 2.12 bits per heavy atom. The van der Waals surface area contributed by atoms with Crippen LogP contribution in [-0.2, 0) is 4.79 Å². The number of fused-ring (bicyclic) bond motifs is 1. The number of benzene rings is 2. The molecule has 0 aromatic heterocycles. The summed E-state index contributed by atoms with van der Waals surface area (Å²) in [6.45, 7) is 0.00620. The molecule has 0 unspecified atom stereocenters. The minimum Gasteiger partial charge on any atom is -0.502 e. The highest BCUT2D eigenvalue weighted by molar-refractivity contribution is 6.31. The quantitative estimate of drug-likeness (QED) is 0.478. The number of nitro groups is 1. The van der Waals surface area contributed by atoms with E-state index in [1.165, 1.54) is 6.07 Å². The van der Waals surface area contributed by atoms with Gasteiger partial charge >= 0.3 is 5.69 Å². The van der Waals surface area contributed by atoms with Crippen molar-refractivity contribution in [2.24, 2.45) is 5.10 Å². The zero-order valence-corrected chi connectivity index (χ0v) is 13.8. The molecular formula is C16H12ClN3O6. The molecule has 26 heavy (non-hydrogen) atoms. The standard InChI is InChI=1S/C16H12ClN3O6/c17-10-5-9(15(21)11(6-10)20(23)24)7-18-19-16(22)14-8-25-12-3-1-2-4-13(12)26-14/h1-7,14,21H,8H2,(H,19,22)/b18-7-/t14-/m1/s1. The number of aromatic hydroxyl groups is 1. The van der Waals surface area contributed by atoms with Crippen molar-refractivity contribution in [2.75, 3.05) is 6.61 Å². The second-order valence-electron chi connectivity index (χ2n) is 5.22. The lowest BCUT2D eigenvalue weighted by Gasteiger charge is -2.24. The van der Waals surface area contributed by atoms with Gasteiger partial charge in [0.2, 0.25) is 11.9 Å². The lowest BCUT2D eigenvalue weighted by Crippen LogP contribution is -2.42. The van der Waals surface area contributed by atoms with Crippen LogP contribution in [0.3, 0.4) is 0 Å². The first-order valence-electron chi connectivity index (χ1n) is 7.34. The summed E-state index contributed by atoms with van der Waals surface area (Å²) in [6, 6.07) is 9.20. The van der Waals surface area contributed by atoms with Gasteiger partial charge < -0.3 is 14.6 Å². The average molecular weight is 378 g/mol. The zero-order chi connectivity index (χ0) is 18.7. The topological polar surface area (TPSA) is 123 Å². The van der Waals surface area contributed by atoms with Crippen LogP contribution in [0.5, 0.6) is 17.2 Å². The number of nitrogens with zero attached hydrogens (tertiary/aromatic N) is 2. The molecule has 1 heterocycles. The van der Waals surface area contributed by atoms with E-state index in [4.69, 9.17) is 21.1 Å². The van der Waals surface area contributed by atoms with Gasteiger partial charge in [0.1, 0.15) is 6.61 Å². The number of hydrogen-bond acceptors (Lipinski definition) is 7. The minimum atomic E-state index is -0.913. The van der Waals surface area contributed by atoms with Crippen molar-refractivity contribution >= 4 is 29.4 Å². The molecule has 1 amide bonds. The number of hydrogen-bond donors (Lipinski definition) is 2. The fourth-order valence-corrected chi connectivity index (χ4v) is 2.45. The summed E-state index contributed by atoms with van der Waals surface area (Å²) in [7, 11) is 0. The molecule has 0 bridgehead atoms. The van der Waals surface area contributed by atoms with Gasteiger partial charge in [0.05, 0.1) is 11.1 Å². The molecule has 2 N–H and O–H groups in total. The SMILES string of the molecule is O=C(N/N=C\c1cc(Cl)cc([N+](=O)[O-])c1O)[C@H]1COc2ccccc2O1. The summed E-state index contributed by atoms with van der Waals surface area (Å²) in [5.74, 6) is -0.211. The normalized spacial score (nSPS) is 15.7. The molecular weight excluding hydrogens is 366 g/mol. The van der Waals surface area contributed by atoms with Gasteiger partial charge in [-0.1, -0.05) is 23.7 Å². The van der Waals surface area contributed by atoms with Crippen LogP contribution in [0.25, 0.3) is 0 Å². The smallest absolute Gasteiger partial charge is 0.312 e. The largest absolute Gasteiger partial charge is 0.502 e. The van der Waals surface area contributed by atoms with Crippen LogP contribution in [0.2, 0.25) is 5.02 Å². The number of ether oxygens (including phenoxy) is 2. The number of amides is 1. The highest BCUT2D eigenvalue weighted by Gasteiger charge is 2.27. The number of nitro benzene ring substituents is 1. The Balaban J connectivity index is 1.68. The van der Waals surface area contributed by atoms with Crippen LogP contribution in [0.15, 0.2) is 41.5 Å². The second-order valence-corrected chi connectivity index (χ2v) is 5.65. The van der Waals surface area contributed by atoms with Gasteiger partial charge in [-0.25, -0.2) is 5.43 Å². The van der Waals surface area contributed by atoms with Crippen LogP contribution in [0.1, 0.15) is 5.56 Å². The molecule has 9 nitrogen and oxygen atoms in total. The zero-order valence-electron chi connectivity index (χ0n) is 13.1. The maximum Gasteiger partial charge on any atom is 0.312 e. The molecule has 134 valence electrons. The molecule has 10 heteroatoms. The first-order valence-corrected chi connectivity index (χ1v) is 7.72. The van der Waals surface area contributed by atoms with Crippen LogP contribution in [0, 0.1) is 10.1 Å². The Morgan fingerprint density at radius 1 is 1.38 bits per heavy atom. The maximum atomic E-state index is 12.1. The number of hydrazone groups is 1. The number of nitrogens with one attached hydrogen (secondary N) is 1. The van der Waals surface area contributed by atoms with Crippen LogP contribution in [0.4, 0.5) is 5.69 Å². The first kappa shape index (κ1) is 17.5. The van der Waals surface area contributed by atoms with Crippen LogP contribution < -0.4 is 14.9 Å². The van der Waals surface area contributed by atoms with Crippen molar-refractivity contribution < 1.29 is 24.3 Å². The van der Waals surface area contributed by atoms with Gasteiger partial charge in [-0.2, -0.15) is 5.10 Å². The van der Waals surface area contributed by atoms with Gasteiger partial charge in [-0.05, 0) is 18.2 Å². The van der Waals surface area contributed by atoms with E-state index in [-0.39, 0.29) is 17.2 Å². The van der Waals surface area contributed by atoms with E-state index in [9.17, 15) is 20.0 Å². The molecule has 1 aliphatic rings. The molecule has 1 aliphatic heterocycles. The van der Waals surface area contributed by atoms with E-state index in [0.29, 0.717) is 11.5 Å². The summed E-state index contributed by atoms with van der Waals surface area (Å²) in [5.41, 5.74) is 1.65. The predicted molar refractivity (Wildman–Crippen MR) is 91.9 cm³/mol. The number of phenols is 1. The van der Waals surface area contributed by atoms with Gasteiger partial charge in [0.25, 0.3) is 5.91 Å². The Labute approximate surface area is 151 Å². The Kier molecular flexibility index (Phi) is 4.90. The highest BCUT2D eigenvalue weighted by atomic mass is 35.5. The molecule has 0 fully saturated rings. The van der Waals surface area contributed by atoms with Gasteiger partial charge in [-0.3, -0.25) is 14.9 Å². The average Bonchev–Trinajstić information content (AvgIpc) is 2.63. The molecule has 3 rings (SSSR count). The molecule has 0 saturated heterocycles. The van der Waals surface area contributed by atoms with Gasteiger partial charge in [0, 0.05) is 16.7 Å². The molecule has 0 saturated carbocycles. The van der Waals surface area contributed by atoms with Crippen LogP contribution >= 0.6 is 11.6 Å². The third kappa shape index (κ3) is 3.67. The monoisotopic (exact) mass is 377 g/mol. The lowest BCUT2D eigenvalue weighted by molar-refractivity contribution is -0.385.